The summed E-state index contributed by atoms with van der Waals surface area (Å²) in [5, 5.41) is 5.82. The quantitative estimate of drug-likeness (QED) is 0.810. The molecule has 5 heteroatoms. The van der Waals surface area contributed by atoms with E-state index >= 15 is 0 Å². The number of hydrogen-bond donors (Lipinski definition) is 0. The van der Waals surface area contributed by atoms with Crippen LogP contribution in [0.5, 0.6) is 0 Å². The Balaban J connectivity index is 1.59. The summed E-state index contributed by atoms with van der Waals surface area (Å²) in [7, 11) is 0. The van der Waals surface area contributed by atoms with Crippen molar-refractivity contribution in [2.45, 2.75) is 19.8 Å². The lowest BCUT2D eigenvalue weighted by atomic mass is 10.1. The summed E-state index contributed by atoms with van der Waals surface area (Å²) < 4.78 is 5.89. The van der Waals surface area contributed by atoms with Gasteiger partial charge in [0.25, 0.3) is 5.91 Å². The van der Waals surface area contributed by atoms with Gasteiger partial charge in [-0.05, 0) is 44.0 Å². The molecule has 0 saturated carbocycles. The lowest BCUT2D eigenvalue weighted by Crippen LogP contribution is -2.21. The number of furan rings is 1. The average molecular weight is 321 g/mol. The van der Waals surface area contributed by atoms with Gasteiger partial charge in [-0.3, -0.25) is 4.79 Å². The Morgan fingerprint density at radius 3 is 2.58 bits per heavy atom. The van der Waals surface area contributed by atoms with Crippen LogP contribution in [0, 0.1) is 0 Å². The maximum absolute atomic E-state index is 12.7. The molecule has 0 unspecified atom stereocenters. The SMILES string of the molecule is CC1=NN(c2ccccc2)C(=O)/C1=C/c1ccc(N2CCCC2)o1. The van der Waals surface area contributed by atoms with Gasteiger partial charge in [0.05, 0.1) is 17.0 Å². The Morgan fingerprint density at radius 2 is 1.83 bits per heavy atom. The summed E-state index contributed by atoms with van der Waals surface area (Å²) in [6, 6.07) is 13.3. The predicted octanol–water partition coefficient (Wildman–Crippen LogP) is 3.69. The van der Waals surface area contributed by atoms with Crippen molar-refractivity contribution in [2.24, 2.45) is 5.10 Å². The number of benzene rings is 1. The summed E-state index contributed by atoms with van der Waals surface area (Å²) in [5.74, 6) is 1.43. The molecule has 24 heavy (non-hydrogen) atoms. The average Bonchev–Trinajstić information content (AvgIpc) is 3.32. The van der Waals surface area contributed by atoms with Crippen molar-refractivity contribution in [1.82, 2.24) is 0 Å². The van der Waals surface area contributed by atoms with Gasteiger partial charge in [-0.1, -0.05) is 18.2 Å². The molecule has 122 valence electrons. The highest BCUT2D eigenvalue weighted by molar-refractivity contribution is 6.32. The van der Waals surface area contributed by atoms with E-state index in [-0.39, 0.29) is 5.91 Å². The summed E-state index contributed by atoms with van der Waals surface area (Å²) in [5.41, 5.74) is 2.03. The number of amides is 1. The van der Waals surface area contributed by atoms with Gasteiger partial charge in [0.1, 0.15) is 5.76 Å². The molecule has 1 fully saturated rings. The van der Waals surface area contributed by atoms with Crippen LogP contribution in [0.2, 0.25) is 0 Å². The van der Waals surface area contributed by atoms with Crippen LogP contribution in [0.15, 0.2) is 57.6 Å². The molecule has 1 aromatic heterocycles. The molecule has 2 aromatic rings. The van der Waals surface area contributed by atoms with Crippen molar-refractivity contribution in [3.8, 4) is 0 Å². The van der Waals surface area contributed by atoms with Crippen molar-refractivity contribution in [2.75, 3.05) is 23.0 Å². The number of hydrazone groups is 1. The second-order valence-electron chi connectivity index (χ2n) is 6.07. The normalized spacial score (nSPS) is 19.5. The van der Waals surface area contributed by atoms with Crippen molar-refractivity contribution in [3.63, 3.8) is 0 Å². The summed E-state index contributed by atoms with van der Waals surface area (Å²) in [4.78, 5) is 14.9. The molecule has 0 radical (unpaired) electrons. The lowest BCUT2D eigenvalue weighted by molar-refractivity contribution is -0.114. The van der Waals surface area contributed by atoms with Gasteiger partial charge in [0.2, 0.25) is 0 Å². The zero-order valence-corrected chi connectivity index (χ0v) is 13.6. The van der Waals surface area contributed by atoms with Crippen LogP contribution in [-0.2, 0) is 4.79 Å². The van der Waals surface area contributed by atoms with Gasteiger partial charge < -0.3 is 9.32 Å². The third-order valence-electron chi connectivity index (χ3n) is 4.38. The first-order valence-electron chi connectivity index (χ1n) is 8.24. The van der Waals surface area contributed by atoms with E-state index in [2.05, 4.69) is 10.0 Å². The van der Waals surface area contributed by atoms with Gasteiger partial charge in [-0.2, -0.15) is 10.1 Å². The molecule has 3 heterocycles. The molecule has 5 nitrogen and oxygen atoms in total. The second kappa shape index (κ2) is 6.00. The van der Waals surface area contributed by atoms with E-state index in [9.17, 15) is 4.79 Å². The van der Waals surface area contributed by atoms with Gasteiger partial charge >= 0.3 is 0 Å². The largest absolute Gasteiger partial charge is 0.441 e. The summed E-state index contributed by atoms with van der Waals surface area (Å²) >= 11 is 0. The number of carbonyl (C=O) groups excluding carboxylic acids is 1. The molecular formula is C19H19N3O2. The molecule has 0 aliphatic carbocycles. The Morgan fingerprint density at radius 1 is 1.08 bits per heavy atom. The molecule has 0 atom stereocenters. The van der Waals surface area contributed by atoms with Crippen LogP contribution < -0.4 is 9.91 Å². The molecule has 0 bridgehead atoms. The molecule has 0 spiro atoms. The van der Waals surface area contributed by atoms with Gasteiger partial charge in [-0.15, -0.1) is 0 Å². The monoisotopic (exact) mass is 321 g/mol. The molecule has 2 aliphatic rings. The van der Waals surface area contributed by atoms with E-state index in [4.69, 9.17) is 4.42 Å². The summed E-state index contributed by atoms with van der Waals surface area (Å²) in [6.07, 6.45) is 4.19. The minimum Gasteiger partial charge on any atom is -0.441 e. The van der Waals surface area contributed by atoms with Crippen LogP contribution in [-0.4, -0.2) is 24.7 Å². The molecule has 1 aromatic carbocycles. The summed E-state index contributed by atoms with van der Waals surface area (Å²) in [6.45, 7) is 3.91. The molecule has 0 N–H and O–H groups in total. The zero-order valence-electron chi connectivity index (χ0n) is 13.6. The van der Waals surface area contributed by atoms with E-state index in [0.717, 1.165) is 24.7 Å². The number of anilines is 2. The molecule has 4 rings (SSSR count). The van der Waals surface area contributed by atoms with E-state index in [1.807, 2.05) is 49.4 Å². The Kier molecular flexibility index (Phi) is 3.69. The third-order valence-corrected chi connectivity index (χ3v) is 4.38. The number of para-hydroxylation sites is 1. The minimum absolute atomic E-state index is 0.127. The second-order valence-corrected chi connectivity index (χ2v) is 6.07. The topological polar surface area (TPSA) is 49.1 Å². The van der Waals surface area contributed by atoms with Crippen LogP contribution in [0.1, 0.15) is 25.5 Å². The Hall–Kier alpha value is -2.82. The van der Waals surface area contributed by atoms with Crippen molar-refractivity contribution in [1.29, 1.82) is 0 Å². The van der Waals surface area contributed by atoms with E-state index in [0.29, 0.717) is 17.0 Å². The minimum atomic E-state index is -0.127. The van der Waals surface area contributed by atoms with Crippen LogP contribution in [0.25, 0.3) is 6.08 Å². The molecular weight excluding hydrogens is 302 g/mol. The van der Waals surface area contributed by atoms with Crippen LogP contribution in [0.3, 0.4) is 0 Å². The van der Waals surface area contributed by atoms with Gasteiger partial charge in [0, 0.05) is 19.2 Å². The highest BCUT2D eigenvalue weighted by Gasteiger charge is 2.29. The fourth-order valence-electron chi connectivity index (χ4n) is 3.10. The number of hydrogen-bond acceptors (Lipinski definition) is 4. The number of nitrogens with zero attached hydrogens (tertiary/aromatic N) is 3. The smallest absolute Gasteiger partial charge is 0.280 e. The number of carbonyl (C=O) groups is 1. The predicted molar refractivity (Wildman–Crippen MR) is 95.2 cm³/mol. The zero-order chi connectivity index (χ0) is 16.5. The van der Waals surface area contributed by atoms with Gasteiger partial charge in [-0.25, -0.2) is 0 Å². The molecule has 1 amide bonds. The molecule has 1 saturated heterocycles. The van der Waals surface area contributed by atoms with Crippen molar-refractivity contribution < 1.29 is 9.21 Å². The van der Waals surface area contributed by atoms with Crippen LogP contribution >= 0.6 is 0 Å². The van der Waals surface area contributed by atoms with Gasteiger partial charge in [0.15, 0.2) is 5.88 Å². The highest BCUT2D eigenvalue weighted by Crippen LogP contribution is 2.27. The molecule has 2 aliphatic heterocycles. The lowest BCUT2D eigenvalue weighted by Gasteiger charge is -2.12. The van der Waals surface area contributed by atoms with E-state index in [1.165, 1.54) is 17.9 Å². The Bertz CT molecular complexity index is 814. The van der Waals surface area contributed by atoms with E-state index < -0.39 is 0 Å². The van der Waals surface area contributed by atoms with Crippen LogP contribution in [0.4, 0.5) is 11.6 Å². The third kappa shape index (κ3) is 2.62. The standard InChI is InChI=1S/C19H19N3O2/c1-14-17(19(23)22(20-14)15-7-3-2-4-8-15)13-16-9-10-18(24-16)21-11-5-6-12-21/h2-4,7-10,13H,5-6,11-12H2,1H3/b17-13+. The van der Waals surface area contributed by atoms with Crippen molar-refractivity contribution in [3.05, 3.63) is 53.8 Å². The highest BCUT2D eigenvalue weighted by atomic mass is 16.4. The maximum Gasteiger partial charge on any atom is 0.280 e. The van der Waals surface area contributed by atoms with E-state index in [1.54, 1.807) is 6.08 Å². The first kappa shape index (κ1) is 14.8. The maximum atomic E-state index is 12.7. The first-order chi connectivity index (χ1) is 11.7. The first-order valence-corrected chi connectivity index (χ1v) is 8.24. The van der Waals surface area contributed by atoms with Crippen molar-refractivity contribution >= 4 is 29.3 Å². The fourth-order valence-corrected chi connectivity index (χ4v) is 3.10. The Labute approximate surface area is 140 Å². The number of rotatable bonds is 3. The fraction of sp³-hybridized carbons (Fsp3) is 0.263.